The summed E-state index contributed by atoms with van der Waals surface area (Å²) >= 11 is 3.40. The average Bonchev–Trinajstić information content (AvgIpc) is 3.21. The number of aromatic nitrogens is 1. The van der Waals surface area contributed by atoms with E-state index in [9.17, 15) is 17.6 Å². The maximum atomic E-state index is 13.7. The second-order valence-corrected chi connectivity index (χ2v) is 9.47. The van der Waals surface area contributed by atoms with Gasteiger partial charge < -0.3 is 10.3 Å². The lowest BCUT2D eigenvalue weighted by Crippen LogP contribution is -2.33. The number of aryl methyl sites for hydroxylation is 1. The van der Waals surface area contributed by atoms with E-state index < -0.39 is 21.7 Å². The van der Waals surface area contributed by atoms with Crippen LogP contribution in [0.1, 0.15) is 29.4 Å². The molecule has 30 heavy (non-hydrogen) atoms. The monoisotopic (exact) mass is 493 g/mol. The first-order valence-corrected chi connectivity index (χ1v) is 11.5. The maximum absolute atomic E-state index is 13.7. The predicted octanol–water partition coefficient (Wildman–Crippen LogP) is 4.47. The Labute approximate surface area is 183 Å². The number of anilines is 1. The highest BCUT2D eigenvalue weighted by Gasteiger charge is 2.20. The average molecular weight is 494 g/mol. The normalized spacial score (nSPS) is 12.4. The molecule has 3 rings (SSSR count). The molecule has 0 aliphatic rings. The third-order valence-electron chi connectivity index (χ3n) is 4.49. The van der Waals surface area contributed by atoms with E-state index in [4.69, 9.17) is 0 Å². The van der Waals surface area contributed by atoms with Gasteiger partial charge in [0.1, 0.15) is 16.4 Å². The van der Waals surface area contributed by atoms with Crippen molar-refractivity contribution in [2.45, 2.75) is 30.7 Å². The highest BCUT2D eigenvalue weighted by atomic mass is 79.9. The minimum atomic E-state index is -4.03. The first-order valence-electron chi connectivity index (χ1n) is 9.25. The summed E-state index contributed by atoms with van der Waals surface area (Å²) in [7, 11) is -4.03. The molecule has 0 saturated heterocycles. The van der Waals surface area contributed by atoms with Crippen LogP contribution in [0, 0.1) is 5.82 Å². The van der Waals surface area contributed by atoms with Crippen molar-refractivity contribution in [1.29, 1.82) is 0 Å². The van der Waals surface area contributed by atoms with Gasteiger partial charge in [0.25, 0.3) is 15.9 Å². The van der Waals surface area contributed by atoms with E-state index in [1.165, 1.54) is 30.5 Å². The number of halogens is 2. The fourth-order valence-electron chi connectivity index (χ4n) is 2.82. The van der Waals surface area contributed by atoms with Gasteiger partial charge in [0.15, 0.2) is 0 Å². The molecule has 3 N–H and O–H groups in total. The molecule has 1 heterocycles. The molecular formula is C21H21BrFN3O3S. The zero-order valence-corrected chi connectivity index (χ0v) is 18.6. The van der Waals surface area contributed by atoms with Crippen LogP contribution >= 0.6 is 15.9 Å². The van der Waals surface area contributed by atoms with Crippen LogP contribution in [-0.2, 0) is 16.4 Å². The summed E-state index contributed by atoms with van der Waals surface area (Å²) in [5.74, 6) is -1.10. The van der Waals surface area contributed by atoms with E-state index in [1.54, 1.807) is 0 Å². The van der Waals surface area contributed by atoms with E-state index >= 15 is 0 Å². The second-order valence-electron chi connectivity index (χ2n) is 6.87. The Hall–Kier alpha value is -2.65. The molecule has 0 fully saturated rings. The first kappa shape index (κ1) is 22.0. The van der Waals surface area contributed by atoms with Crippen LogP contribution in [0.4, 0.5) is 10.1 Å². The molecule has 0 aliphatic carbocycles. The number of para-hydroxylation sites is 1. The summed E-state index contributed by atoms with van der Waals surface area (Å²) in [5.41, 5.74) is 1.11. The Balaban J connectivity index is 1.59. The number of carbonyl (C=O) groups is 1. The largest absolute Gasteiger partial charge is 0.356 e. The van der Waals surface area contributed by atoms with Gasteiger partial charge in [0, 0.05) is 16.7 Å². The van der Waals surface area contributed by atoms with Gasteiger partial charge in [0.2, 0.25) is 0 Å². The second kappa shape index (κ2) is 9.44. The summed E-state index contributed by atoms with van der Waals surface area (Å²) in [6.07, 6.45) is 2.73. The van der Waals surface area contributed by atoms with Crippen LogP contribution < -0.4 is 10.0 Å². The van der Waals surface area contributed by atoms with Crippen molar-refractivity contribution in [1.82, 2.24) is 10.3 Å². The number of benzene rings is 2. The lowest BCUT2D eigenvalue weighted by Gasteiger charge is -2.13. The van der Waals surface area contributed by atoms with E-state index in [1.807, 2.05) is 31.2 Å². The van der Waals surface area contributed by atoms with Crippen molar-refractivity contribution in [2.24, 2.45) is 0 Å². The number of aromatic amines is 1. The van der Waals surface area contributed by atoms with Crippen LogP contribution in [0.15, 0.2) is 70.2 Å². The van der Waals surface area contributed by atoms with Crippen molar-refractivity contribution in [3.05, 3.63) is 82.3 Å². The van der Waals surface area contributed by atoms with Gasteiger partial charge >= 0.3 is 0 Å². The molecule has 6 nitrogen and oxygen atoms in total. The molecule has 0 spiro atoms. The highest BCUT2D eigenvalue weighted by Crippen LogP contribution is 2.19. The molecule has 0 saturated carbocycles. The number of hydrogen-bond donors (Lipinski definition) is 3. The molecule has 1 aromatic heterocycles. The zero-order valence-electron chi connectivity index (χ0n) is 16.2. The fourth-order valence-corrected chi connectivity index (χ4v) is 4.14. The maximum Gasteiger partial charge on any atom is 0.267 e. The van der Waals surface area contributed by atoms with Crippen LogP contribution in [0.2, 0.25) is 0 Å². The van der Waals surface area contributed by atoms with Gasteiger partial charge in [-0.1, -0.05) is 40.2 Å². The van der Waals surface area contributed by atoms with Gasteiger partial charge in [-0.15, -0.1) is 0 Å². The molecule has 0 bridgehead atoms. The minimum absolute atomic E-state index is 0.110. The molecule has 9 heteroatoms. The summed E-state index contributed by atoms with van der Waals surface area (Å²) in [6.45, 7) is 1.89. The van der Waals surface area contributed by atoms with Crippen molar-refractivity contribution < 1.29 is 17.6 Å². The molecule has 3 aromatic rings. The van der Waals surface area contributed by atoms with Crippen molar-refractivity contribution in [3.63, 3.8) is 0 Å². The van der Waals surface area contributed by atoms with Crippen LogP contribution in [0.25, 0.3) is 0 Å². The van der Waals surface area contributed by atoms with Crippen LogP contribution in [-0.4, -0.2) is 25.4 Å². The number of amides is 1. The number of carbonyl (C=O) groups excluding carboxylic acids is 1. The number of H-pyrrole nitrogens is 1. The van der Waals surface area contributed by atoms with E-state index in [0.717, 1.165) is 28.9 Å². The topological polar surface area (TPSA) is 91.1 Å². The minimum Gasteiger partial charge on any atom is -0.356 e. The van der Waals surface area contributed by atoms with Crippen molar-refractivity contribution in [2.75, 3.05) is 4.72 Å². The Morgan fingerprint density at radius 3 is 2.57 bits per heavy atom. The van der Waals surface area contributed by atoms with E-state index in [0.29, 0.717) is 0 Å². The quantitative estimate of drug-likeness (QED) is 0.432. The summed E-state index contributed by atoms with van der Waals surface area (Å²) in [5, 5.41) is 2.85. The molecule has 1 unspecified atom stereocenters. The molecule has 0 radical (unpaired) electrons. The Morgan fingerprint density at radius 1 is 1.17 bits per heavy atom. The van der Waals surface area contributed by atoms with E-state index in [-0.39, 0.29) is 22.3 Å². The summed E-state index contributed by atoms with van der Waals surface area (Å²) < 4.78 is 41.8. The lowest BCUT2D eigenvalue weighted by atomic mass is 10.1. The van der Waals surface area contributed by atoms with E-state index in [2.05, 4.69) is 31.0 Å². The molecular weight excluding hydrogens is 473 g/mol. The van der Waals surface area contributed by atoms with Crippen LogP contribution in [0.5, 0.6) is 0 Å². The Kier molecular flexibility index (Phi) is 6.94. The Bertz CT molecular complexity index is 1130. The third-order valence-corrected chi connectivity index (χ3v) is 6.36. The molecule has 0 aliphatic heterocycles. The molecule has 1 amide bonds. The van der Waals surface area contributed by atoms with Gasteiger partial charge in [-0.05, 0) is 55.7 Å². The summed E-state index contributed by atoms with van der Waals surface area (Å²) in [6, 6.07) is 14.5. The van der Waals surface area contributed by atoms with Gasteiger partial charge in [0.05, 0.1) is 5.69 Å². The van der Waals surface area contributed by atoms with Gasteiger partial charge in [-0.3, -0.25) is 9.52 Å². The predicted molar refractivity (Wildman–Crippen MR) is 117 cm³/mol. The van der Waals surface area contributed by atoms with Crippen LogP contribution in [0.3, 0.4) is 0 Å². The number of sulfonamides is 1. The van der Waals surface area contributed by atoms with Gasteiger partial charge in [-0.2, -0.15) is 0 Å². The first-order chi connectivity index (χ1) is 14.2. The third kappa shape index (κ3) is 5.70. The summed E-state index contributed by atoms with van der Waals surface area (Å²) in [4.78, 5) is 15.0. The number of rotatable bonds is 8. The zero-order chi connectivity index (χ0) is 21.7. The fraction of sp³-hybridized carbons (Fsp3) is 0.190. The SMILES string of the molecule is CC(CCc1ccc(Br)cc1)NC(=O)c1cc(S(=O)(=O)Nc2ccccc2F)c[nH]1. The van der Waals surface area contributed by atoms with Crippen molar-refractivity contribution >= 4 is 37.5 Å². The smallest absolute Gasteiger partial charge is 0.267 e. The van der Waals surface area contributed by atoms with Gasteiger partial charge in [-0.25, -0.2) is 12.8 Å². The number of nitrogens with one attached hydrogen (secondary N) is 3. The molecule has 158 valence electrons. The van der Waals surface area contributed by atoms with Crippen molar-refractivity contribution in [3.8, 4) is 0 Å². The highest BCUT2D eigenvalue weighted by molar-refractivity contribution is 9.10. The molecule has 2 aromatic carbocycles. The lowest BCUT2D eigenvalue weighted by molar-refractivity contribution is 0.0934. The number of hydrogen-bond acceptors (Lipinski definition) is 3. The molecule has 1 atom stereocenters. The standard InChI is InChI=1S/C21H21BrFN3O3S/c1-14(6-7-15-8-10-16(22)11-9-15)25-21(27)20-12-17(13-24-20)30(28,29)26-19-5-3-2-4-18(19)23/h2-5,8-14,24,26H,6-7H2,1H3,(H,25,27). The Morgan fingerprint density at radius 2 is 1.87 bits per heavy atom.